The SMILES string of the molecule is NC(=O)CC1(S(=O)(=O)c2cc(F)cc3c(=O)c(C(=O)NCc4ccc(Cl)cc4)c[nH]c23)C=CC=N1. The lowest BCUT2D eigenvalue weighted by molar-refractivity contribution is -0.118. The van der Waals surface area contributed by atoms with Gasteiger partial charge in [-0.2, -0.15) is 0 Å². The van der Waals surface area contributed by atoms with E-state index in [1.54, 1.807) is 24.3 Å². The molecular formula is C23H18ClFN4O5S. The van der Waals surface area contributed by atoms with Gasteiger partial charge in [-0.1, -0.05) is 23.7 Å². The van der Waals surface area contributed by atoms with E-state index in [0.717, 1.165) is 23.9 Å². The zero-order valence-corrected chi connectivity index (χ0v) is 19.5. The Kier molecular flexibility index (Phi) is 6.30. The predicted octanol–water partition coefficient (Wildman–Crippen LogP) is 2.24. The molecule has 0 fully saturated rings. The van der Waals surface area contributed by atoms with Gasteiger partial charge in [-0.3, -0.25) is 19.4 Å². The van der Waals surface area contributed by atoms with Crippen molar-refractivity contribution in [2.45, 2.75) is 22.7 Å². The van der Waals surface area contributed by atoms with Crippen LogP contribution in [0, 0.1) is 5.82 Å². The molecule has 2 amide bonds. The molecule has 0 saturated heterocycles. The number of amides is 2. The van der Waals surface area contributed by atoms with Crippen molar-refractivity contribution in [2.75, 3.05) is 0 Å². The number of fused-ring (bicyclic) bond motifs is 1. The summed E-state index contributed by atoms with van der Waals surface area (Å²) in [6, 6.07) is 8.23. The van der Waals surface area contributed by atoms with Crippen LogP contribution < -0.4 is 16.5 Å². The number of sulfone groups is 1. The summed E-state index contributed by atoms with van der Waals surface area (Å²) in [4.78, 5) is 41.2. The highest BCUT2D eigenvalue weighted by atomic mass is 35.5. The van der Waals surface area contributed by atoms with Gasteiger partial charge >= 0.3 is 0 Å². The molecule has 4 rings (SSSR count). The van der Waals surface area contributed by atoms with E-state index in [9.17, 15) is 27.2 Å². The molecule has 1 aromatic heterocycles. The molecular weight excluding hydrogens is 499 g/mol. The standard InChI is InChI=1S/C23H18ClFN4O5S/c24-14-4-2-13(3-5-14)11-28-22(32)17-12-27-20-16(21(17)31)8-15(25)9-18(20)35(33,34)23(10-19(26)30)6-1-7-29-23/h1-9,12H,10-11H2,(H2,26,30)(H,27,31)(H,28,32). The van der Waals surface area contributed by atoms with Crippen LogP contribution in [0.25, 0.3) is 10.9 Å². The minimum Gasteiger partial charge on any atom is -0.370 e. The lowest BCUT2D eigenvalue weighted by Gasteiger charge is -2.23. The number of aliphatic imine (C=N–C) groups is 1. The van der Waals surface area contributed by atoms with Gasteiger partial charge in [0.05, 0.1) is 22.2 Å². The normalized spacial score (nSPS) is 17.1. The van der Waals surface area contributed by atoms with Crippen LogP contribution >= 0.6 is 11.6 Å². The highest BCUT2D eigenvalue weighted by Gasteiger charge is 2.46. The van der Waals surface area contributed by atoms with Gasteiger partial charge in [0.25, 0.3) is 5.91 Å². The second-order valence-electron chi connectivity index (χ2n) is 7.80. The summed E-state index contributed by atoms with van der Waals surface area (Å²) in [5.74, 6) is -2.71. The highest BCUT2D eigenvalue weighted by molar-refractivity contribution is 7.93. The van der Waals surface area contributed by atoms with Crippen LogP contribution in [0.4, 0.5) is 4.39 Å². The van der Waals surface area contributed by atoms with Crippen LogP contribution in [0.1, 0.15) is 22.3 Å². The van der Waals surface area contributed by atoms with E-state index < -0.39 is 49.1 Å². The Hall–Kier alpha value is -3.83. The molecule has 4 N–H and O–H groups in total. The van der Waals surface area contributed by atoms with E-state index in [1.165, 1.54) is 18.4 Å². The van der Waals surface area contributed by atoms with Crippen LogP contribution in [0.15, 0.2) is 69.4 Å². The Morgan fingerprint density at radius 3 is 2.54 bits per heavy atom. The van der Waals surface area contributed by atoms with Crippen molar-refractivity contribution >= 4 is 50.4 Å². The van der Waals surface area contributed by atoms with Crippen LogP contribution in [0.2, 0.25) is 5.02 Å². The minimum absolute atomic E-state index is 0.0935. The number of benzene rings is 2. The number of aromatic amines is 1. The summed E-state index contributed by atoms with van der Waals surface area (Å²) >= 11 is 5.84. The van der Waals surface area contributed by atoms with Crippen molar-refractivity contribution in [3.63, 3.8) is 0 Å². The number of carbonyl (C=O) groups excluding carboxylic acids is 2. The average molecular weight is 517 g/mol. The van der Waals surface area contributed by atoms with Gasteiger partial charge in [-0.25, -0.2) is 12.8 Å². The van der Waals surface area contributed by atoms with Crippen molar-refractivity contribution in [2.24, 2.45) is 10.7 Å². The summed E-state index contributed by atoms with van der Waals surface area (Å²) in [6.45, 7) is 0.0935. The molecule has 180 valence electrons. The maximum absolute atomic E-state index is 14.5. The van der Waals surface area contributed by atoms with E-state index in [2.05, 4.69) is 15.3 Å². The molecule has 0 saturated carbocycles. The summed E-state index contributed by atoms with van der Waals surface area (Å²) in [5, 5.41) is 2.74. The zero-order valence-electron chi connectivity index (χ0n) is 17.9. The van der Waals surface area contributed by atoms with Crippen molar-refractivity contribution < 1.29 is 22.4 Å². The van der Waals surface area contributed by atoms with Crippen LogP contribution in [0.5, 0.6) is 0 Å². The number of hydrogen-bond donors (Lipinski definition) is 3. The van der Waals surface area contributed by atoms with E-state index in [0.29, 0.717) is 5.02 Å². The topological polar surface area (TPSA) is 152 Å². The van der Waals surface area contributed by atoms with Gasteiger partial charge in [0.1, 0.15) is 11.4 Å². The molecule has 0 aliphatic carbocycles. The van der Waals surface area contributed by atoms with Crippen molar-refractivity contribution in [1.82, 2.24) is 10.3 Å². The highest BCUT2D eigenvalue weighted by Crippen LogP contribution is 2.36. The maximum atomic E-state index is 14.5. The number of aromatic nitrogens is 1. The maximum Gasteiger partial charge on any atom is 0.257 e. The molecule has 35 heavy (non-hydrogen) atoms. The van der Waals surface area contributed by atoms with Crippen molar-refractivity contribution in [3.05, 3.63) is 86.9 Å². The molecule has 1 aliphatic heterocycles. The number of nitrogens with zero attached hydrogens (tertiary/aromatic N) is 1. The number of allylic oxidation sites excluding steroid dienone is 1. The quantitative estimate of drug-likeness (QED) is 0.440. The van der Waals surface area contributed by atoms with Gasteiger partial charge in [0.2, 0.25) is 21.2 Å². The smallest absolute Gasteiger partial charge is 0.257 e. The molecule has 2 heterocycles. The number of hydrogen-bond acceptors (Lipinski definition) is 6. The number of halogens is 2. The van der Waals surface area contributed by atoms with E-state index in [4.69, 9.17) is 17.3 Å². The number of carbonyl (C=O) groups is 2. The largest absolute Gasteiger partial charge is 0.370 e. The lowest BCUT2D eigenvalue weighted by Crippen LogP contribution is -2.38. The molecule has 3 aromatic rings. The summed E-state index contributed by atoms with van der Waals surface area (Å²) in [6.07, 6.45) is 4.05. The van der Waals surface area contributed by atoms with Gasteiger partial charge in [0.15, 0.2) is 4.87 Å². The predicted molar refractivity (Wildman–Crippen MR) is 129 cm³/mol. The third-order valence-electron chi connectivity index (χ3n) is 5.45. The molecule has 0 radical (unpaired) electrons. The Morgan fingerprint density at radius 1 is 1.20 bits per heavy atom. The number of nitrogens with one attached hydrogen (secondary N) is 2. The molecule has 1 unspecified atom stereocenters. The third kappa shape index (κ3) is 4.47. The van der Waals surface area contributed by atoms with E-state index in [1.807, 2.05) is 0 Å². The van der Waals surface area contributed by atoms with Crippen molar-refractivity contribution in [3.8, 4) is 0 Å². The number of pyridine rings is 1. The fourth-order valence-corrected chi connectivity index (χ4v) is 5.73. The van der Waals surface area contributed by atoms with Crippen LogP contribution in [-0.2, 0) is 21.2 Å². The summed E-state index contributed by atoms with van der Waals surface area (Å²) in [5.41, 5.74) is 4.51. The van der Waals surface area contributed by atoms with Gasteiger partial charge in [-0.05, 0) is 42.0 Å². The monoisotopic (exact) mass is 516 g/mol. The zero-order chi connectivity index (χ0) is 25.4. The van der Waals surface area contributed by atoms with Crippen molar-refractivity contribution in [1.29, 1.82) is 0 Å². The molecule has 1 aliphatic rings. The third-order valence-corrected chi connectivity index (χ3v) is 7.92. The molecule has 12 heteroatoms. The lowest BCUT2D eigenvalue weighted by atomic mass is 10.1. The Labute approximate surface area is 203 Å². The second kappa shape index (κ2) is 9.08. The van der Waals surface area contributed by atoms with Gasteiger partial charge in [0, 0.05) is 24.0 Å². The first-order valence-electron chi connectivity index (χ1n) is 10.2. The van der Waals surface area contributed by atoms with E-state index >= 15 is 0 Å². The van der Waals surface area contributed by atoms with E-state index in [-0.39, 0.29) is 23.0 Å². The van der Waals surface area contributed by atoms with Gasteiger partial charge in [-0.15, -0.1) is 0 Å². The number of H-pyrrole nitrogens is 1. The summed E-state index contributed by atoms with van der Waals surface area (Å²) < 4.78 is 41.6. The minimum atomic E-state index is -4.55. The molecule has 1 atom stereocenters. The van der Waals surface area contributed by atoms with Crippen LogP contribution in [-0.4, -0.2) is 36.3 Å². The fourth-order valence-electron chi connectivity index (χ4n) is 3.73. The molecule has 0 bridgehead atoms. The Morgan fingerprint density at radius 2 is 1.91 bits per heavy atom. The Bertz CT molecular complexity index is 1570. The Balaban J connectivity index is 1.76. The van der Waals surface area contributed by atoms with Crippen LogP contribution in [0.3, 0.4) is 0 Å². The fraction of sp³-hybridized carbons (Fsp3) is 0.130. The van der Waals surface area contributed by atoms with Gasteiger partial charge < -0.3 is 16.0 Å². The first-order valence-corrected chi connectivity index (χ1v) is 12.0. The first kappa shape index (κ1) is 24.3. The second-order valence-corrected chi connectivity index (χ2v) is 10.4. The summed E-state index contributed by atoms with van der Waals surface area (Å²) in [7, 11) is -4.55. The molecule has 9 nitrogen and oxygen atoms in total. The molecule has 2 aromatic carbocycles. The number of primary amides is 1. The first-order chi connectivity index (χ1) is 16.5. The number of rotatable bonds is 7. The molecule has 0 spiro atoms. The number of nitrogens with two attached hydrogens (primary N) is 1. The average Bonchev–Trinajstić information content (AvgIpc) is 3.28.